The summed E-state index contributed by atoms with van der Waals surface area (Å²) < 4.78 is 30.5. The Morgan fingerprint density at radius 2 is 1.90 bits per heavy atom. The molecular formula is C14H23N3O3S. The minimum Gasteiger partial charge on any atom is -0.398 e. The number of hydrazine groups is 1. The van der Waals surface area contributed by atoms with Gasteiger partial charge >= 0.3 is 0 Å². The summed E-state index contributed by atoms with van der Waals surface area (Å²) in [6.07, 6.45) is 1.32. The predicted molar refractivity (Wildman–Crippen MR) is 82.3 cm³/mol. The molecule has 0 saturated carbocycles. The van der Waals surface area contributed by atoms with Gasteiger partial charge in [0.1, 0.15) is 0 Å². The van der Waals surface area contributed by atoms with E-state index in [1.165, 1.54) is 0 Å². The maximum atomic E-state index is 12.7. The molecule has 1 aliphatic rings. The standard InChI is InChI=1S/C14H23N3O3S/c1-3-11-9-13(15)12(4-2)14(10-11)21(18,19)16-17-5-7-20-8-6-17/h9-10,16H,3-8,15H2,1-2H3. The molecule has 0 unspecified atom stereocenters. The van der Waals surface area contributed by atoms with Crippen molar-refractivity contribution >= 4 is 15.7 Å². The number of morpholine rings is 1. The van der Waals surface area contributed by atoms with Gasteiger partial charge in [0.05, 0.1) is 18.1 Å². The van der Waals surface area contributed by atoms with E-state index in [9.17, 15) is 8.42 Å². The number of benzene rings is 1. The molecule has 118 valence electrons. The lowest BCUT2D eigenvalue weighted by atomic mass is 10.1. The Kier molecular flexibility index (Phi) is 5.21. The summed E-state index contributed by atoms with van der Waals surface area (Å²) in [5.74, 6) is 0. The monoisotopic (exact) mass is 313 g/mol. The molecule has 7 heteroatoms. The zero-order valence-electron chi connectivity index (χ0n) is 12.6. The van der Waals surface area contributed by atoms with Crippen molar-refractivity contribution in [3.8, 4) is 0 Å². The summed E-state index contributed by atoms with van der Waals surface area (Å²) in [5.41, 5.74) is 8.15. The summed E-state index contributed by atoms with van der Waals surface area (Å²) in [6, 6.07) is 3.57. The van der Waals surface area contributed by atoms with Gasteiger partial charge in [-0.15, -0.1) is 4.83 Å². The average molecular weight is 313 g/mol. The highest BCUT2D eigenvalue weighted by atomic mass is 32.2. The lowest BCUT2D eigenvalue weighted by Gasteiger charge is -2.27. The molecule has 2 rings (SSSR count). The van der Waals surface area contributed by atoms with Crippen molar-refractivity contribution in [3.63, 3.8) is 0 Å². The molecule has 1 fully saturated rings. The van der Waals surface area contributed by atoms with E-state index in [-0.39, 0.29) is 4.90 Å². The number of rotatable bonds is 5. The van der Waals surface area contributed by atoms with Gasteiger partial charge in [-0.2, -0.15) is 0 Å². The summed E-state index contributed by atoms with van der Waals surface area (Å²) in [4.78, 5) is 2.92. The number of aryl methyl sites for hydroxylation is 1. The average Bonchev–Trinajstić information content (AvgIpc) is 2.47. The van der Waals surface area contributed by atoms with E-state index in [1.54, 1.807) is 11.1 Å². The van der Waals surface area contributed by atoms with Crippen LogP contribution in [0.5, 0.6) is 0 Å². The van der Waals surface area contributed by atoms with Gasteiger partial charge in [0.15, 0.2) is 0 Å². The third kappa shape index (κ3) is 3.74. The van der Waals surface area contributed by atoms with Crippen LogP contribution in [0.1, 0.15) is 25.0 Å². The number of hydrogen-bond donors (Lipinski definition) is 2. The third-order valence-corrected chi connectivity index (χ3v) is 5.06. The molecule has 0 aromatic heterocycles. The minimum atomic E-state index is -3.62. The molecule has 0 bridgehead atoms. The summed E-state index contributed by atoms with van der Waals surface area (Å²) >= 11 is 0. The molecule has 1 aromatic carbocycles. The molecule has 0 radical (unpaired) electrons. The summed E-state index contributed by atoms with van der Waals surface area (Å²) in [7, 11) is -3.62. The fourth-order valence-corrected chi connectivity index (χ4v) is 3.94. The van der Waals surface area contributed by atoms with Crippen molar-refractivity contribution in [2.45, 2.75) is 31.6 Å². The van der Waals surface area contributed by atoms with Crippen LogP contribution in [0.3, 0.4) is 0 Å². The molecule has 6 nitrogen and oxygen atoms in total. The van der Waals surface area contributed by atoms with E-state index < -0.39 is 10.0 Å². The van der Waals surface area contributed by atoms with Crippen molar-refractivity contribution in [2.75, 3.05) is 32.0 Å². The molecule has 1 aliphatic heterocycles. The first kappa shape index (κ1) is 16.2. The van der Waals surface area contributed by atoms with Crippen LogP contribution in [0, 0.1) is 0 Å². The number of nitrogen functional groups attached to an aromatic ring is 1. The number of nitrogens with one attached hydrogen (secondary N) is 1. The second-order valence-corrected chi connectivity index (χ2v) is 6.69. The number of nitrogens with two attached hydrogens (primary N) is 1. The van der Waals surface area contributed by atoms with Gasteiger partial charge in [-0.1, -0.05) is 13.8 Å². The first-order valence-electron chi connectivity index (χ1n) is 7.24. The van der Waals surface area contributed by atoms with Gasteiger partial charge in [0, 0.05) is 18.8 Å². The summed E-state index contributed by atoms with van der Waals surface area (Å²) in [5, 5.41) is 1.67. The van der Waals surface area contributed by atoms with Crippen LogP contribution >= 0.6 is 0 Å². The molecule has 1 heterocycles. The highest BCUT2D eigenvalue weighted by Crippen LogP contribution is 2.25. The van der Waals surface area contributed by atoms with Crippen LogP contribution in [0.2, 0.25) is 0 Å². The van der Waals surface area contributed by atoms with E-state index in [2.05, 4.69) is 4.83 Å². The topological polar surface area (TPSA) is 84.7 Å². The van der Waals surface area contributed by atoms with Crippen molar-refractivity contribution in [1.82, 2.24) is 9.84 Å². The van der Waals surface area contributed by atoms with E-state index in [4.69, 9.17) is 10.5 Å². The molecule has 0 spiro atoms. The second-order valence-electron chi connectivity index (χ2n) is 5.06. The fraction of sp³-hybridized carbons (Fsp3) is 0.571. The molecule has 0 amide bonds. The fourth-order valence-electron chi connectivity index (χ4n) is 2.42. The number of hydrogen-bond acceptors (Lipinski definition) is 5. The zero-order chi connectivity index (χ0) is 15.5. The summed E-state index contributed by atoms with van der Waals surface area (Å²) in [6.45, 7) is 6.03. The van der Waals surface area contributed by atoms with Crippen molar-refractivity contribution in [2.24, 2.45) is 0 Å². The van der Waals surface area contributed by atoms with Crippen LogP contribution in [0.4, 0.5) is 5.69 Å². The van der Waals surface area contributed by atoms with Crippen molar-refractivity contribution in [1.29, 1.82) is 0 Å². The van der Waals surface area contributed by atoms with Gasteiger partial charge in [-0.25, -0.2) is 13.4 Å². The Morgan fingerprint density at radius 3 is 2.48 bits per heavy atom. The van der Waals surface area contributed by atoms with Gasteiger partial charge in [0.2, 0.25) is 0 Å². The molecule has 1 aromatic rings. The SMILES string of the molecule is CCc1cc(N)c(CC)c(S(=O)(=O)NN2CCOCC2)c1. The van der Waals surface area contributed by atoms with E-state index in [0.29, 0.717) is 44.0 Å². The smallest absolute Gasteiger partial charge is 0.253 e. The predicted octanol–water partition coefficient (Wildman–Crippen LogP) is 0.919. The number of anilines is 1. The van der Waals surface area contributed by atoms with E-state index in [1.807, 2.05) is 19.9 Å². The quantitative estimate of drug-likeness (QED) is 0.790. The Balaban J connectivity index is 2.35. The Hall–Kier alpha value is -1.15. The van der Waals surface area contributed by atoms with Gasteiger partial charge < -0.3 is 10.5 Å². The van der Waals surface area contributed by atoms with Gasteiger partial charge in [-0.3, -0.25) is 0 Å². The first-order valence-corrected chi connectivity index (χ1v) is 8.72. The number of nitrogens with zero attached hydrogens (tertiary/aromatic N) is 1. The molecule has 1 saturated heterocycles. The Morgan fingerprint density at radius 1 is 1.24 bits per heavy atom. The lowest BCUT2D eigenvalue weighted by molar-refractivity contribution is 0.0272. The minimum absolute atomic E-state index is 0.286. The maximum absolute atomic E-state index is 12.7. The highest BCUT2D eigenvalue weighted by Gasteiger charge is 2.24. The first-order chi connectivity index (χ1) is 9.97. The Labute approximate surface area is 126 Å². The molecule has 0 atom stereocenters. The highest BCUT2D eigenvalue weighted by molar-refractivity contribution is 7.89. The van der Waals surface area contributed by atoms with Crippen LogP contribution in [-0.4, -0.2) is 39.7 Å². The van der Waals surface area contributed by atoms with Gasteiger partial charge in [0.25, 0.3) is 10.0 Å². The van der Waals surface area contributed by atoms with Crippen LogP contribution < -0.4 is 10.6 Å². The second kappa shape index (κ2) is 6.74. The lowest BCUT2D eigenvalue weighted by Crippen LogP contribution is -2.48. The zero-order valence-corrected chi connectivity index (χ0v) is 13.4. The largest absolute Gasteiger partial charge is 0.398 e. The molecule has 3 N–H and O–H groups in total. The van der Waals surface area contributed by atoms with Crippen LogP contribution in [0.15, 0.2) is 17.0 Å². The molecule has 21 heavy (non-hydrogen) atoms. The maximum Gasteiger partial charge on any atom is 0.253 e. The molecule has 0 aliphatic carbocycles. The normalized spacial score (nSPS) is 17.0. The number of ether oxygens (including phenoxy) is 1. The Bertz CT molecular complexity index is 596. The third-order valence-electron chi connectivity index (χ3n) is 3.61. The molecular weight excluding hydrogens is 290 g/mol. The van der Waals surface area contributed by atoms with Crippen molar-refractivity contribution in [3.05, 3.63) is 23.3 Å². The van der Waals surface area contributed by atoms with E-state index in [0.717, 1.165) is 12.0 Å². The van der Waals surface area contributed by atoms with Crippen LogP contribution in [-0.2, 0) is 27.6 Å². The van der Waals surface area contributed by atoms with Crippen molar-refractivity contribution < 1.29 is 13.2 Å². The van der Waals surface area contributed by atoms with Crippen LogP contribution in [0.25, 0.3) is 0 Å². The van der Waals surface area contributed by atoms with Gasteiger partial charge in [-0.05, 0) is 36.1 Å². The van der Waals surface area contributed by atoms with E-state index >= 15 is 0 Å². The number of sulfonamides is 1.